The van der Waals surface area contributed by atoms with E-state index in [1.54, 1.807) is 18.2 Å². The molecule has 0 aliphatic heterocycles. The Kier molecular flexibility index (Phi) is 5.43. The number of rotatable bonds is 4. The van der Waals surface area contributed by atoms with Gasteiger partial charge in [-0.05, 0) is 19.1 Å². The molecule has 2 rings (SSSR count). The molecule has 0 saturated carbocycles. The number of nitrogens with zero attached hydrogens (tertiary/aromatic N) is 1. The number of amides is 2. The molecule has 3 N–H and O–H groups in total. The van der Waals surface area contributed by atoms with Crippen molar-refractivity contribution >= 4 is 23.2 Å². The lowest BCUT2D eigenvalue weighted by atomic mass is 9.99. The van der Waals surface area contributed by atoms with Crippen molar-refractivity contribution in [2.45, 2.75) is 25.1 Å². The lowest BCUT2D eigenvalue weighted by Crippen LogP contribution is -2.49. The molecule has 1 aromatic carbocycles. The summed E-state index contributed by atoms with van der Waals surface area (Å²) in [6.07, 6.45) is -6.45. The summed E-state index contributed by atoms with van der Waals surface area (Å²) in [5, 5.41) is 10.7. The largest absolute Gasteiger partial charge is 0.424 e. The van der Waals surface area contributed by atoms with Gasteiger partial charge in [-0.15, -0.1) is 11.3 Å². The number of hydrogen-bond donors (Lipinski definition) is 3. The highest BCUT2D eigenvalue weighted by molar-refractivity contribution is 7.09. The van der Waals surface area contributed by atoms with Gasteiger partial charge in [0.15, 0.2) is 0 Å². The third-order valence-corrected chi connectivity index (χ3v) is 4.32. The molecule has 0 unspecified atom stereocenters. The quantitative estimate of drug-likeness (QED) is 0.716. The Morgan fingerprint density at radius 2 is 1.84 bits per heavy atom. The number of carbonyl (C=O) groups excluding carboxylic acids is 2. The first-order valence-electron chi connectivity index (χ1n) is 6.99. The van der Waals surface area contributed by atoms with Crippen LogP contribution in [0.2, 0.25) is 0 Å². The number of aliphatic hydroxyl groups is 1. The van der Waals surface area contributed by atoms with E-state index >= 15 is 0 Å². The minimum absolute atomic E-state index is 0.212. The molecule has 1 aromatic heterocycles. The summed E-state index contributed by atoms with van der Waals surface area (Å²) < 4.78 is 39.8. The van der Waals surface area contributed by atoms with Gasteiger partial charge in [0.05, 0.1) is 6.42 Å². The predicted octanol–water partition coefficient (Wildman–Crippen LogP) is 2.05. The summed E-state index contributed by atoms with van der Waals surface area (Å²) in [7, 11) is 0. The molecule has 2 aromatic rings. The number of alkyl halides is 3. The zero-order chi connectivity index (χ0) is 18.7. The van der Waals surface area contributed by atoms with Crippen LogP contribution >= 0.6 is 11.3 Å². The van der Waals surface area contributed by atoms with Gasteiger partial charge < -0.3 is 5.11 Å². The fourth-order valence-corrected chi connectivity index (χ4v) is 2.82. The molecule has 0 aliphatic carbocycles. The molecule has 1 heterocycles. The van der Waals surface area contributed by atoms with Crippen molar-refractivity contribution in [3.8, 4) is 0 Å². The van der Waals surface area contributed by atoms with Crippen molar-refractivity contribution in [3.63, 3.8) is 0 Å². The van der Waals surface area contributed by atoms with Gasteiger partial charge in [0.1, 0.15) is 5.01 Å². The number of benzene rings is 1. The molecule has 6 nitrogen and oxygen atoms in total. The first-order valence-corrected chi connectivity index (χ1v) is 7.87. The van der Waals surface area contributed by atoms with E-state index in [0.717, 1.165) is 0 Å². The van der Waals surface area contributed by atoms with Crippen LogP contribution in [0.5, 0.6) is 0 Å². The molecule has 0 aliphatic rings. The predicted molar refractivity (Wildman–Crippen MR) is 83.5 cm³/mol. The molecule has 0 fully saturated rings. The fourth-order valence-electron chi connectivity index (χ4n) is 1.91. The maximum absolute atomic E-state index is 13.3. The molecule has 1 atom stereocenters. The summed E-state index contributed by atoms with van der Waals surface area (Å²) in [5.74, 6) is -1.91. The smallest absolute Gasteiger partial charge is 0.374 e. The third kappa shape index (κ3) is 4.34. The highest BCUT2D eigenvalue weighted by Crippen LogP contribution is 2.42. The van der Waals surface area contributed by atoms with Crippen LogP contribution < -0.4 is 10.9 Å². The van der Waals surface area contributed by atoms with Crippen molar-refractivity contribution < 1.29 is 27.9 Å². The topological polar surface area (TPSA) is 91.3 Å². The lowest BCUT2D eigenvalue weighted by molar-refractivity contribution is -0.267. The summed E-state index contributed by atoms with van der Waals surface area (Å²) >= 11 is 0.598. The fraction of sp³-hybridized carbons (Fsp3) is 0.267. The van der Waals surface area contributed by atoms with Crippen molar-refractivity contribution in [3.05, 3.63) is 52.0 Å². The summed E-state index contributed by atoms with van der Waals surface area (Å²) in [6.45, 7) is 1.47. The van der Waals surface area contributed by atoms with Crippen LogP contribution in [0, 0.1) is 6.92 Å². The van der Waals surface area contributed by atoms with Crippen LogP contribution in [0.4, 0.5) is 13.2 Å². The van der Waals surface area contributed by atoms with Crippen molar-refractivity contribution in [1.82, 2.24) is 15.8 Å². The number of hydrazine groups is 1. The summed E-state index contributed by atoms with van der Waals surface area (Å²) in [5.41, 5.74) is 0.927. The van der Waals surface area contributed by atoms with Gasteiger partial charge in [0, 0.05) is 16.6 Å². The zero-order valence-electron chi connectivity index (χ0n) is 12.9. The van der Waals surface area contributed by atoms with E-state index in [-0.39, 0.29) is 5.56 Å². The van der Waals surface area contributed by atoms with E-state index in [9.17, 15) is 27.9 Å². The van der Waals surface area contributed by atoms with Gasteiger partial charge in [0.25, 0.3) is 5.91 Å². The van der Waals surface area contributed by atoms with Gasteiger partial charge in [-0.3, -0.25) is 20.4 Å². The molecule has 0 saturated heterocycles. The van der Waals surface area contributed by atoms with Gasteiger partial charge in [-0.2, -0.15) is 13.2 Å². The molecule has 2 amide bonds. The molecule has 0 radical (unpaired) electrons. The van der Waals surface area contributed by atoms with Gasteiger partial charge in [-0.1, -0.05) is 18.2 Å². The van der Waals surface area contributed by atoms with Crippen LogP contribution in [0.3, 0.4) is 0 Å². The number of hydrogen-bond acceptors (Lipinski definition) is 5. The second-order valence-corrected chi connectivity index (χ2v) is 6.06. The highest BCUT2D eigenvalue weighted by atomic mass is 32.1. The Bertz CT molecular complexity index is 764. The van der Waals surface area contributed by atoms with E-state index in [0.29, 0.717) is 17.0 Å². The number of thiazole rings is 1. The first kappa shape index (κ1) is 18.9. The zero-order valence-corrected chi connectivity index (χ0v) is 13.7. The monoisotopic (exact) mass is 373 g/mol. The Labute approximate surface area is 144 Å². The van der Waals surface area contributed by atoms with E-state index in [2.05, 4.69) is 4.98 Å². The average Bonchev–Trinajstić information content (AvgIpc) is 2.99. The molecular weight excluding hydrogens is 359 g/mol. The Balaban J connectivity index is 2.07. The third-order valence-electron chi connectivity index (χ3n) is 3.21. The molecule has 25 heavy (non-hydrogen) atoms. The molecule has 10 heteroatoms. The van der Waals surface area contributed by atoms with Gasteiger partial charge >= 0.3 is 6.18 Å². The van der Waals surface area contributed by atoms with E-state index < -0.39 is 35.0 Å². The van der Waals surface area contributed by atoms with Crippen molar-refractivity contribution in [2.75, 3.05) is 0 Å². The number of nitrogens with one attached hydrogen (secondary N) is 2. The first-order chi connectivity index (χ1) is 11.6. The normalized spacial score (nSPS) is 13.8. The minimum atomic E-state index is -5.11. The minimum Gasteiger partial charge on any atom is -0.374 e. The Morgan fingerprint density at radius 3 is 2.36 bits per heavy atom. The van der Waals surface area contributed by atoms with Crippen LogP contribution in [0.1, 0.15) is 27.5 Å². The highest BCUT2D eigenvalue weighted by Gasteiger charge is 2.58. The van der Waals surface area contributed by atoms with Crippen LogP contribution in [-0.4, -0.2) is 28.1 Å². The molecule has 0 bridgehead atoms. The summed E-state index contributed by atoms with van der Waals surface area (Å²) in [6, 6.07) is 7.78. The number of aryl methyl sites for hydroxylation is 1. The van der Waals surface area contributed by atoms with E-state index in [1.165, 1.54) is 24.4 Å². The number of halogens is 3. The van der Waals surface area contributed by atoms with Crippen molar-refractivity contribution in [1.29, 1.82) is 0 Å². The maximum atomic E-state index is 13.3. The van der Waals surface area contributed by atoms with Crippen molar-refractivity contribution in [2.24, 2.45) is 0 Å². The standard InChI is InChI=1S/C15H14F3N3O3S/c1-9-8-25-13(19-9)14(24,15(16,17)18)7-11(22)20-21-12(23)10-5-3-2-4-6-10/h2-6,8,24H,7H2,1H3,(H,20,22)(H,21,23)/t14-/m1/s1. The number of aromatic nitrogens is 1. The van der Waals surface area contributed by atoms with Crippen LogP contribution in [0.25, 0.3) is 0 Å². The summed E-state index contributed by atoms with van der Waals surface area (Å²) in [4.78, 5) is 27.2. The maximum Gasteiger partial charge on any atom is 0.424 e. The lowest BCUT2D eigenvalue weighted by Gasteiger charge is -2.27. The van der Waals surface area contributed by atoms with Gasteiger partial charge in [-0.25, -0.2) is 4.98 Å². The van der Waals surface area contributed by atoms with E-state index in [4.69, 9.17) is 0 Å². The Morgan fingerprint density at radius 1 is 1.20 bits per heavy atom. The average molecular weight is 373 g/mol. The SMILES string of the molecule is Cc1csc([C@](O)(CC(=O)NNC(=O)c2ccccc2)C(F)(F)F)n1. The van der Waals surface area contributed by atoms with E-state index in [1.807, 2.05) is 10.9 Å². The number of carbonyl (C=O) groups is 2. The molecule has 134 valence electrons. The Hall–Kier alpha value is -2.46. The second-order valence-electron chi connectivity index (χ2n) is 5.20. The second kappa shape index (κ2) is 7.19. The molecule has 0 spiro atoms. The van der Waals surface area contributed by atoms with Gasteiger partial charge in [0.2, 0.25) is 11.5 Å². The van der Waals surface area contributed by atoms with Crippen LogP contribution in [-0.2, 0) is 10.4 Å². The van der Waals surface area contributed by atoms with Crippen LogP contribution in [0.15, 0.2) is 35.7 Å². The molecular formula is C15H14F3N3O3S.